The largest absolute Gasteiger partial charge is 0.493 e. The maximum atomic E-state index is 12.9. The van der Waals surface area contributed by atoms with E-state index in [0.29, 0.717) is 16.9 Å². The lowest BCUT2D eigenvalue weighted by Gasteiger charge is -2.44. The summed E-state index contributed by atoms with van der Waals surface area (Å²) < 4.78 is 11.8. The summed E-state index contributed by atoms with van der Waals surface area (Å²) in [4.78, 5) is 15.3. The molecular formula is C29H35ClN2O3. The molecule has 2 aliphatic carbocycles. The summed E-state index contributed by atoms with van der Waals surface area (Å²) in [5, 5.41) is 3.92. The highest BCUT2D eigenvalue weighted by Gasteiger charge is 2.42. The SMILES string of the molecule is CC1(C)Cc2cc(-c3ccc(OCC4CC4)cc3Cl)ccc2[C@@H]1NC(=O)O[C@@H]1CN2CCC1CC2. The second-order valence-corrected chi connectivity index (χ2v) is 12.0. The zero-order valence-electron chi connectivity index (χ0n) is 20.7. The highest BCUT2D eigenvalue weighted by molar-refractivity contribution is 6.33. The van der Waals surface area contributed by atoms with Gasteiger partial charge in [-0.1, -0.05) is 43.6 Å². The van der Waals surface area contributed by atoms with E-state index in [1.807, 2.05) is 18.2 Å². The van der Waals surface area contributed by atoms with Gasteiger partial charge in [-0.3, -0.25) is 4.90 Å². The Labute approximate surface area is 213 Å². The first-order valence-corrected chi connectivity index (χ1v) is 13.5. The van der Waals surface area contributed by atoms with Crippen LogP contribution in [0.3, 0.4) is 0 Å². The van der Waals surface area contributed by atoms with Gasteiger partial charge in [0.05, 0.1) is 17.7 Å². The summed E-state index contributed by atoms with van der Waals surface area (Å²) in [5.74, 6) is 2.05. The van der Waals surface area contributed by atoms with E-state index >= 15 is 0 Å². The van der Waals surface area contributed by atoms with Crippen molar-refractivity contribution in [2.75, 3.05) is 26.2 Å². The van der Waals surface area contributed by atoms with Gasteiger partial charge in [0.25, 0.3) is 0 Å². The number of hydrogen-bond donors (Lipinski definition) is 1. The normalized spacial score (nSPS) is 28.4. The number of hydrogen-bond acceptors (Lipinski definition) is 4. The van der Waals surface area contributed by atoms with Crippen LogP contribution in [0.15, 0.2) is 36.4 Å². The quantitative estimate of drug-likeness (QED) is 0.516. The van der Waals surface area contributed by atoms with E-state index in [0.717, 1.165) is 62.4 Å². The van der Waals surface area contributed by atoms with Gasteiger partial charge >= 0.3 is 6.09 Å². The van der Waals surface area contributed by atoms with Gasteiger partial charge in [-0.05, 0) is 97.3 Å². The average Bonchev–Trinajstić information content (AvgIpc) is 3.63. The summed E-state index contributed by atoms with van der Waals surface area (Å²) in [5.41, 5.74) is 4.42. The Kier molecular flexibility index (Phi) is 5.96. The molecule has 0 spiro atoms. The predicted molar refractivity (Wildman–Crippen MR) is 138 cm³/mol. The van der Waals surface area contributed by atoms with E-state index in [9.17, 15) is 4.79 Å². The van der Waals surface area contributed by atoms with Crippen molar-refractivity contribution in [1.29, 1.82) is 0 Å². The van der Waals surface area contributed by atoms with E-state index in [4.69, 9.17) is 21.1 Å². The molecule has 2 bridgehead atoms. The molecule has 1 N–H and O–H groups in total. The third-order valence-corrected chi connectivity index (χ3v) is 8.75. The molecule has 3 saturated heterocycles. The van der Waals surface area contributed by atoms with E-state index in [2.05, 4.69) is 42.3 Å². The minimum Gasteiger partial charge on any atom is -0.493 e. The fourth-order valence-electron chi connectivity index (χ4n) is 6.15. The fourth-order valence-corrected chi connectivity index (χ4v) is 6.43. The Balaban J connectivity index is 1.16. The van der Waals surface area contributed by atoms with E-state index in [-0.39, 0.29) is 23.7 Å². The summed E-state index contributed by atoms with van der Waals surface area (Å²) in [6, 6.07) is 12.4. The number of benzene rings is 2. The van der Waals surface area contributed by atoms with Crippen LogP contribution in [0.5, 0.6) is 5.75 Å². The van der Waals surface area contributed by atoms with Gasteiger partial charge in [0.1, 0.15) is 11.9 Å². The maximum Gasteiger partial charge on any atom is 0.407 e. The number of amides is 1. The Morgan fingerprint density at radius 1 is 1.11 bits per heavy atom. The smallest absolute Gasteiger partial charge is 0.407 e. The molecular weight excluding hydrogens is 460 g/mol. The van der Waals surface area contributed by atoms with Crippen molar-refractivity contribution in [2.24, 2.45) is 17.3 Å². The van der Waals surface area contributed by atoms with E-state index < -0.39 is 0 Å². The molecule has 4 fully saturated rings. The lowest BCUT2D eigenvalue weighted by molar-refractivity contribution is -0.0348. The molecule has 7 rings (SSSR count). The molecule has 1 saturated carbocycles. The zero-order chi connectivity index (χ0) is 24.2. The topological polar surface area (TPSA) is 50.8 Å². The summed E-state index contributed by atoms with van der Waals surface area (Å²) in [6.45, 7) is 8.35. The first-order chi connectivity index (χ1) is 16.9. The number of nitrogens with one attached hydrogen (secondary N) is 1. The van der Waals surface area contributed by atoms with Gasteiger partial charge in [0, 0.05) is 12.1 Å². The maximum absolute atomic E-state index is 12.9. The number of piperidine rings is 3. The molecule has 35 heavy (non-hydrogen) atoms. The number of carbonyl (C=O) groups is 1. The van der Waals surface area contributed by atoms with Gasteiger partial charge in [-0.15, -0.1) is 0 Å². The van der Waals surface area contributed by atoms with Crippen LogP contribution in [0, 0.1) is 17.3 Å². The van der Waals surface area contributed by atoms with Gasteiger partial charge in [-0.2, -0.15) is 0 Å². The fraction of sp³-hybridized carbons (Fsp3) is 0.552. The first-order valence-electron chi connectivity index (χ1n) is 13.1. The molecule has 6 heteroatoms. The molecule has 0 aromatic heterocycles. The van der Waals surface area contributed by atoms with Crippen LogP contribution in [0.25, 0.3) is 11.1 Å². The summed E-state index contributed by atoms with van der Waals surface area (Å²) in [7, 11) is 0. The highest BCUT2D eigenvalue weighted by Crippen LogP contribution is 2.47. The van der Waals surface area contributed by atoms with Crippen LogP contribution in [-0.4, -0.2) is 43.3 Å². The van der Waals surface area contributed by atoms with E-state index in [1.165, 1.54) is 24.0 Å². The summed E-state index contributed by atoms with van der Waals surface area (Å²) in [6.07, 6.45) is 5.42. The minimum atomic E-state index is -0.288. The molecule has 186 valence electrons. The number of halogens is 1. The molecule has 0 radical (unpaired) electrons. The first kappa shape index (κ1) is 23.2. The van der Waals surface area contributed by atoms with Crippen molar-refractivity contribution in [1.82, 2.24) is 10.2 Å². The number of ether oxygens (including phenoxy) is 2. The Morgan fingerprint density at radius 3 is 2.60 bits per heavy atom. The molecule has 2 aromatic rings. The van der Waals surface area contributed by atoms with Crippen molar-refractivity contribution in [3.05, 3.63) is 52.5 Å². The lowest BCUT2D eigenvalue weighted by atomic mass is 9.85. The van der Waals surface area contributed by atoms with Gasteiger partial charge in [0.2, 0.25) is 0 Å². The number of nitrogens with zero attached hydrogens (tertiary/aromatic N) is 1. The van der Waals surface area contributed by atoms with Crippen molar-refractivity contribution >= 4 is 17.7 Å². The van der Waals surface area contributed by atoms with Crippen LogP contribution >= 0.6 is 11.6 Å². The molecule has 3 aliphatic heterocycles. The van der Waals surface area contributed by atoms with Crippen LogP contribution < -0.4 is 10.1 Å². The van der Waals surface area contributed by atoms with Crippen LogP contribution in [0.1, 0.15) is 56.7 Å². The number of fused-ring (bicyclic) bond motifs is 4. The number of carbonyl (C=O) groups excluding carboxylic acids is 1. The molecule has 1 amide bonds. The predicted octanol–water partition coefficient (Wildman–Crippen LogP) is 6.24. The molecule has 2 atom stereocenters. The van der Waals surface area contributed by atoms with E-state index in [1.54, 1.807) is 0 Å². The van der Waals surface area contributed by atoms with Gasteiger partial charge in [-0.25, -0.2) is 4.79 Å². The second-order valence-electron chi connectivity index (χ2n) is 11.6. The van der Waals surface area contributed by atoms with Crippen LogP contribution in [0.2, 0.25) is 5.02 Å². The molecule has 2 aromatic carbocycles. The Bertz CT molecular complexity index is 1120. The standard InChI is InChI=1S/C29H35ClN2O3/c1-29(2)15-21-13-20(23-8-6-22(14-25(23)30)34-17-18-3-4-18)5-7-24(21)27(29)31-28(33)35-26-16-32-11-9-19(26)10-12-32/h5-8,13-14,18-19,26-27H,3-4,9-12,15-17H2,1-2H3,(H,31,33)/t26-,27+/m1/s1. The summed E-state index contributed by atoms with van der Waals surface area (Å²) >= 11 is 6.66. The van der Waals surface area contributed by atoms with Crippen LogP contribution in [0.4, 0.5) is 4.79 Å². The van der Waals surface area contributed by atoms with Crippen molar-refractivity contribution in [3.8, 4) is 16.9 Å². The molecule has 0 unspecified atom stereocenters. The van der Waals surface area contributed by atoms with Crippen molar-refractivity contribution in [3.63, 3.8) is 0 Å². The Hall–Kier alpha value is -2.24. The molecule has 5 nitrogen and oxygen atoms in total. The van der Waals surface area contributed by atoms with Crippen molar-refractivity contribution < 1.29 is 14.3 Å². The number of alkyl carbamates (subject to hydrolysis) is 1. The third kappa shape index (κ3) is 4.77. The van der Waals surface area contributed by atoms with Gasteiger partial charge in [0.15, 0.2) is 0 Å². The lowest BCUT2D eigenvalue weighted by Crippen LogP contribution is -2.53. The monoisotopic (exact) mass is 494 g/mol. The minimum absolute atomic E-state index is 0.0160. The van der Waals surface area contributed by atoms with Gasteiger partial charge < -0.3 is 14.8 Å². The zero-order valence-corrected chi connectivity index (χ0v) is 21.4. The Morgan fingerprint density at radius 2 is 1.91 bits per heavy atom. The second kappa shape index (κ2) is 9.01. The van der Waals surface area contributed by atoms with Crippen molar-refractivity contribution in [2.45, 2.75) is 58.1 Å². The molecule has 3 heterocycles. The third-order valence-electron chi connectivity index (χ3n) is 8.43. The van der Waals surface area contributed by atoms with Crippen LogP contribution in [-0.2, 0) is 11.2 Å². The molecule has 5 aliphatic rings. The number of rotatable bonds is 6. The highest BCUT2D eigenvalue weighted by atomic mass is 35.5. The average molecular weight is 495 g/mol.